The number of carbonyl (C=O) groups is 6. The zero-order chi connectivity index (χ0) is 41.9. The number of nitrogens with one attached hydrogen (secondary N) is 2. The summed E-state index contributed by atoms with van der Waals surface area (Å²) in [5.41, 5.74) is 6.20. The Hall–Kier alpha value is -7.51. The van der Waals surface area contributed by atoms with Gasteiger partial charge in [0.2, 0.25) is 9.84 Å². The van der Waals surface area contributed by atoms with Gasteiger partial charge in [0.05, 0.1) is 43.4 Å². The average Bonchev–Trinajstić information content (AvgIpc) is 3.63. The van der Waals surface area contributed by atoms with Crippen LogP contribution >= 0.6 is 0 Å². The molecule has 2 N–H and O–H groups in total. The molecule has 2 aliphatic rings. The second kappa shape index (κ2) is 14.5. The number of sulfone groups is 1. The summed E-state index contributed by atoms with van der Waals surface area (Å²) in [5, 5.41) is 5.40. The van der Waals surface area contributed by atoms with E-state index < -0.39 is 45.3 Å². The monoisotopic (exact) mass is 802 g/mol. The van der Waals surface area contributed by atoms with Crippen LogP contribution in [0.5, 0.6) is 0 Å². The summed E-state index contributed by atoms with van der Waals surface area (Å²) < 4.78 is 27.0. The SMILES string of the molecule is Cc1ccc(N2C(=O)c3ccc(C(=O)Nc4ccc(S(=O)(=O)c5ccc(NC(=O)c6ccc7c(c6)C(=O)N(c6ccc(C)c(C)c6)C7=O)cc5)cc4)cc3C2=O)cc1C. The summed E-state index contributed by atoms with van der Waals surface area (Å²) >= 11 is 0. The van der Waals surface area contributed by atoms with Crippen LogP contribution in [0.3, 0.4) is 0 Å². The molecule has 6 aromatic carbocycles. The lowest BCUT2D eigenvalue weighted by atomic mass is 10.1. The highest BCUT2D eigenvalue weighted by Crippen LogP contribution is 2.33. The minimum atomic E-state index is -4.01. The Morgan fingerprint density at radius 1 is 0.424 bits per heavy atom. The molecule has 0 saturated heterocycles. The molecule has 0 spiro atoms. The van der Waals surface area contributed by atoms with Crippen molar-refractivity contribution in [1.82, 2.24) is 0 Å². The van der Waals surface area contributed by atoms with Crippen molar-refractivity contribution in [2.45, 2.75) is 37.5 Å². The molecule has 0 fully saturated rings. The molecule has 8 rings (SSSR count). The summed E-state index contributed by atoms with van der Waals surface area (Å²) in [6.45, 7) is 7.63. The van der Waals surface area contributed by atoms with E-state index in [9.17, 15) is 37.2 Å². The summed E-state index contributed by atoms with van der Waals surface area (Å²) in [4.78, 5) is 81.3. The van der Waals surface area contributed by atoms with Crippen molar-refractivity contribution in [2.75, 3.05) is 20.4 Å². The predicted molar refractivity (Wildman–Crippen MR) is 221 cm³/mol. The first-order valence-corrected chi connectivity index (χ1v) is 19.9. The van der Waals surface area contributed by atoms with Crippen molar-refractivity contribution in [3.05, 3.63) is 177 Å². The Morgan fingerprint density at radius 2 is 0.780 bits per heavy atom. The Balaban J connectivity index is 0.913. The van der Waals surface area contributed by atoms with E-state index in [1.54, 1.807) is 24.3 Å². The molecule has 12 nitrogen and oxygen atoms in total. The van der Waals surface area contributed by atoms with Crippen molar-refractivity contribution < 1.29 is 37.2 Å². The van der Waals surface area contributed by atoms with E-state index in [-0.39, 0.29) is 43.2 Å². The molecule has 0 aromatic heterocycles. The lowest BCUT2D eigenvalue weighted by Gasteiger charge is -2.15. The van der Waals surface area contributed by atoms with Crippen LogP contribution in [0.1, 0.15) is 84.4 Å². The minimum Gasteiger partial charge on any atom is -0.322 e. The molecule has 2 aliphatic heterocycles. The number of amides is 6. The number of carbonyl (C=O) groups excluding carboxylic acids is 6. The molecule has 6 amide bonds. The first kappa shape index (κ1) is 38.4. The van der Waals surface area contributed by atoms with E-state index in [4.69, 9.17) is 0 Å². The van der Waals surface area contributed by atoms with Crippen LogP contribution in [0, 0.1) is 27.7 Å². The molecule has 0 saturated carbocycles. The number of aryl methyl sites for hydroxylation is 4. The molecule has 0 bridgehead atoms. The molecule has 13 heteroatoms. The topological polar surface area (TPSA) is 167 Å². The highest BCUT2D eigenvalue weighted by atomic mass is 32.2. The molecule has 59 heavy (non-hydrogen) atoms. The maximum atomic E-state index is 13.5. The smallest absolute Gasteiger partial charge is 0.266 e. The lowest BCUT2D eigenvalue weighted by molar-refractivity contribution is 0.0910. The third-order valence-electron chi connectivity index (χ3n) is 10.6. The van der Waals surface area contributed by atoms with Gasteiger partial charge in [0.25, 0.3) is 35.4 Å². The quantitative estimate of drug-likeness (QED) is 0.147. The standard InChI is InChI=1S/C46H34N4O8S/c1-25-5-13-33(21-27(25)3)49-43(53)37-19-7-29(23-39(37)45(49)55)41(51)47-31-9-15-35(16-10-31)59(57,58)36-17-11-32(12-18-36)48-42(52)30-8-20-38-40(24-30)46(56)50(44(38)54)34-14-6-26(2)28(4)22-34/h5-24H,1-4H3,(H,47,51)(H,48,52). The number of hydrogen-bond donors (Lipinski definition) is 2. The Bertz CT molecular complexity index is 2760. The van der Waals surface area contributed by atoms with Gasteiger partial charge in [-0.25, -0.2) is 18.2 Å². The number of benzene rings is 6. The lowest BCUT2D eigenvalue weighted by Crippen LogP contribution is -2.29. The van der Waals surface area contributed by atoms with Crippen molar-refractivity contribution in [3.8, 4) is 0 Å². The molecule has 0 atom stereocenters. The van der Waals surface area contributed by atoms with Gasteiger partial charge in [-0.1, -0.05) is 12.1 Å². The van der Waals surface area contributed by atoms with Gasteiger partial charge in [-0.15, -0.1) is 0 Å². The van der Waals surface area contributed by atoms with E-state index in [1.807, 2.05) is 39.8 Å². The molecule has 0 unspecified atom stereocenters. The third kappa shape index (κ3) is 6.76. The van der Waals surface area contributed by atoms with Gasteiger partial charge in [-0.3, -0.25) is 28.8 Å². The van der Waals surface area contributed by atoms with Gasteiger partial charge in [0.1, 0.15) is 0 Å². The highest BCUT2D eigenvalue weighted by molar-refractivity contribution is 7.91. The van der Waals surface area contributed by atoms with E-state index in [2.05, 4.69) is 10.6 Å². The van der Waals surface area contributed by atoms with E-state index in [1.165, 1.54) is 84.9 Å². The van der Waals surface area contributed by atoms with Crippen molar-refractivity contribution in [3.63, 3.8) is 0 Å². The zero-order valence-electron chi connectivity index (χ0n) is 32.1. The molecule has 0 radical (unpaired) electrons. The first-order chi connectivity index (χ1) is 28.1. The summed E-state index contributed by atoms with van der Waals surface area (Å²) in [6, 6.07) is 30.2. The van der Waals surface area contributed by atoms with Crippen LogP contribution in [-0.2, 0) is 9.84 Å². The van der Waals surface area contributed by atoms with E-state index in [0.29, 0.717) is 22.7 Å². The molecule has 292 valence electrons. The number of anilines is 4. The summed E-state index contributed by atoms with van der Waals surface area (Å²) in [5.74, 6) is -3.17. The van der Waals surface area contributed by atoms with Gasteiger partial charge in [-0.2, -0.15) is 0 Å². The summed E-state index contributed by atoms with van der Waals surface area (Å²) in [7, 11) is -4.01. The zero-order valence-corrected chi connectivity index (χ0v) is 32.9. The molecule has 6 aromatic rings. The fourth-order valence-electron chi connectivity index (χ4n) is 6.94. The fraction of sp³-hybridized carbons (Fsp3) is 0.0870. The largest absolute Gasteiger partial charge is 0.322 e. The fourth-order valence-corrected chi connectivity index (χ4v) is 8.20. The highest BCUT2D eigenvalue weighted by Gasteiger charge is 2.38. The van der Waals surface area contributed by atoms with Crippen LogP contribution in [0.2, 0.25) is 0 Å². The second-order valence-electron chi connectivity index (χ2n) is 14.4. The van der Waals surface area contributed by atoms with Crippen LogP contribution in [0.25, 0.3) is 0 Å². The molecule has 0 aliphatic carbocycles. The maximum absolute atomic E-state index is 13.5. The van der Waals surface area contributed by atoms with Gasteiger partial charge < -0.3 is 10.6 Å². The van der Waals surface area contributed by atoms with Crippen LogP contribution in [-0.4, -0.2) is 43.9 Å². The minimum absolute atomic E-state index is 0.0486. The van der Waals surface area contributed by atoms with Crippen LogP contribution < -0.4 is 20.4 Å². The third-order valence-corrected chi connectivity index (χ3v) is 12.4. The first-order valence-electron chi connectivity index (χ1n) is 18.4. The maximum Gasteiger partial charge on any atom is 0.266 e. The number of hydrogen-bond acceptors (Lipinski definition) is 8. The van der Waals surface area contributed by atoms with Crippen molar-refractivity contribution in [2.24, 2.45) is 0 Å². The Kier molecular flexibility index (Phi) is 9.40. The van der Waals surface area contributed by atoms with Crippen molar-refractivity contribution in [1.29, 1.82) is 0 Å². The van der Waals surface area contributed by atoms with Crippen molar-refractivity contribution >= 4 is 68.0 Å². The number of rotatable bonds is 8. The van der Waals surface area contributed by atoms with Gasteiger partial charge in [0.15, 0.2) is 0 Å². The molecule has 2 heterocycles. The normalized spacial score (nSPS) is 13.4. The average molecular weight is 803 g/mol. The van der Waals surface area contributed by atoms with Crippen LogP contribution in [0.4, 0.5) is 22.7 Å². The molecular weight excluding hydrogens is 769 g/mol. The van der Waals surface area contributed by atoms with Crippen LogP contribution in [0.15, 0.2) is 131 Å². The van der Waals surface area contributed by atoms with Gasteiger partial charge in [0, 0.05) is 22.5 Å². The second-order valence-corrected chi connectivity index (χ2v) is 16.4. The number of fused-ring (bicyclic) bond motifs is 2. The Morgan fingerprint density at radius 3 is 1.14 bits per heavy atom. The summed E-state index contributed by atoms with van der Waals surface area (Å²) in [6.07, 6.45) is 0. The number of imide groups is 2. The predicted octanol–water partition coefficient (Wildman–Crippen LogP) is 7.86. The van der Waals surface area contributed by atoms with E-state index in [0.717, 1.165) is 32.1 Å². The van der Waals surface area contributed by atoms with Gasteiger partial charge >= 0.3 is 0 Å². The van der Waals surface area contributed by atoms with E-state index >= 15 is 0 Å². The Labute approximate surface area is 339 Å². The van der Waals surface area contributed by atoms with Gasteiger partial charge in [-0.05, 0) is 159 Å². The molecular formula is C46H34N4O8S. The number of nitrogens with zero attached hydrogens (tertiary/aromatic N) is 2.